The highest BCUT2D eigenvalue weighted by atomic mass is 35.5. The summed E-state index contributed by atoms with van der Waals surface area (Å²) in [4.78, 5) is 0. The summed E-state index contributed by atoms with van der Waals surface area (Å²) in [6, 6.07) is 5.48. The van der Waals surface area contributed by atoms with Gasteiger partial charge in [0.05, 0.1) is 24.8 Å². The molecular formula is C13H20ClNO2. The summed E-state index contributed by atoms with van der Waals surface area (Å²) >= 11 is 6.06. The monoisotopic (exact) mass is 257 g/mol. The van der Waals surface area contributed by atoms with Crippen LogP contribution in [0.15, 0.2) is 18.2 Å². The number of aliphatic hydroxyl groups is 1. The van der Waals surface area contributed by atoms with E-state index >= 15 is 0 Å². The SMILES string of the molecule is COc1ccc(C(CO)NCC(C)C)cc1Cl. The lowest BCUT2D eigenvalue weighted by atomic mass is 10.1. The Hall–Kier alpha value is -0.770. The van der Waals surface area contributed by atoms with E-state index < -0.39 is 0 Å². The number of hydrogen-bond acceptors (Lipinski definition) is 3. The first-order valence-corrected chi connectivity index (χ1v) is 6.14. The minimum Gasteiger partial charge on any atom is -0.495 e. The Kier molecular flexibility index (Phi) is 5.75. The molecule has 96 valence electrons. The number of hydrogen-bond donors (Lipinski definition) is 2. The van der Waals surface area contributed by atoms with Crippen molar-refractivity contribution in [2.45, 2.75) is 19.9 Å². The Morgan fingerprint density at radius 3 is 2.59 bits per heavy atom. The van der Waals surface area contributed by atoms with Gasteiger partial charge in [0.2, 0.25) is 0 Å². The molecule has 0 fully saturated rings. The predicted molar refractivity (Wildman–Crippen MR) is 70.7 cm³/mol. The summed E-state index contributed by atoms with van der Waals surface area (Å²) in [6.45, 7) is 5.16. The van der Waals surface area contributed by atoms with Crippen molar-refractivity contribution >= 4 is 11.6 Å². The van der Waals surface area contributed by atoms with Crippen molar-refractivity contribution in [2.75, 3.05) is 20.3 Å². The first-order chi connectivity index (χ1) is 8.08. The molecule has 17 heavy (non-hydrogen) atoms. The van der Waals surface area contributed by atoms with Crippen molar-refractivity contribution in [1.82, 2.24) is 5.32 Å². The van der Waals surface area contributed by atoms with Crippen LogP contribution in [0.5, 0.6) is 5.75 Å². The van der Waals surface area contributed by atoms with Gasteiger partial charge in [0.1, 0.15) is 5.75 Å². The zero-order valence-electron chi connectivity index (χ0n) is 10.5. The lowest BCUT2D eigenvalue weighted by molar-refractivity contribution is 0.241. The topological polar surface area (TPSA) is 41.5 Å². The number of aliphatic hydroxyl groups excluding tert-OH is 1. The van der Waals surface area contributed by atoms with Gasteiger partial charge in [-0.1, -0.05) is 31.5 Å². The van der Waals surface area contributed by atoms with E-state index in [2.05, 4.69) is 19.2 Å². The van der Waals surface area contributed by atoms with Crippen LogP contribution in [0.4, 0.5) is 0 Å². The maximum absolute atomic E-state index is 9.37. The fraction of sp³-hybridized carbons (Fsp3) is 0.538. The fourth-order valence-electron chi connectivity index (χ4n) is 1.57. The fourth-order valence-corrected chi connectivity index (χ4v) is 1.83. The molecule has 0 saturated heterocycles. The highest BCUT2D eigenvalue weighted by Gasteiger charge is 2.12. The minimum absolute atomic E-state index is 0.0510. The van der Waals surface area contributed by atoms with Gasteiger partial charge in [0.15, 0.2) is 0 Å². The molecule has 0 aliphatic heterocycles. The van der Waals surface area contributed by atoms with Gasteiger partial charge < -0.3 is 15.2 Å². The largest absolute Gasteiger partial charge is 0.495 e. The Bertz CT molecular complexity index is 355. The summed E-state index contributed by atoms with van der Waals surface area (Å²) in [7, 11) is 1.58. The molecule has 0 saturated carbocycles. The normalized spacial score (nSPS) is 12.8. The molecule has 0 aromatic heterocycles. The standard InChI is InChI=1S/C13H20ClNO2/c1-9(2)7-15-12(8-16)10-4-5-13(17-3)11(14)6-10/h4-6,9,12,15-16H,7-8H2,1-3H3. The first kappa shape index (κ1) is 14.3. The number of rotatable bonds is 6. The highest BCUT2D eigenvalue weighted by Crippen LogP contribution is 2.27. The van der Waals surface area contributed by atoms with Crippen molar-refractivity contribution in [3.63, 3.8) is 0 Å². The highest BCUT2D eigenvalue weighted by molar-refractivity contribution is 6.32. The molecule has 0 aliphatic rings. The quantitative estimate of drug-likeness (QED) is 0.823. The molecule has 4 heteroatoms. The van der Waals surface area contributed by atoms with E-state index in [4.69, 9.17) is 16.3 Å². The maximum atomic E-state index is 9.37. The molecule has 1 aromatic rings. The van der Waals surface area contributed by atoms with Crippen LogP contribution in [0.2, 0.25) is 5.02 Å². The Balaban J connectivity index is 2.78. The third kappa shape index (κ3) is 4.19. The second kappa shape index (κ2) is 6.84. The van der Waals surface area contributed by atoms with Gasteiger partial charge in [0.25, 0.3) is 0 Å². The Morgan fingerprint density at radius 2 is 2.12 bits per heavy atom. The van der Waals surface area contributed by atoms with Crippen LogP contribution in [-0.2, 0) is 0 Å². The second-order valence-corrected chi connectivity index (χ2v) is 4.84. The summed E-state index contributed by atoms with van der Waals surface area (Å²) in [5.74, 6) is 1.19. The van der Waals surface area contributed by atoms with Crippen molar-refractivity contribution < 1.29 is 9.84 Å². The summed E-state index contributed by atoms with van der Waals surface area (Å²) in [5.41, 5.74) is 0.971. The van der Waals surface area contributed by atoms with Gasteiger partial charge in [0, 0.05) is 0 Å². The molecule has 2 N–H and O–H groups in total. The van der Waals surface area contributed by atoms with Gasteiger partial charge >= 0.3 is 0 Å². The van der Waals surface area contributed by atoms with Crippen LogP contribution in [0.25, 0.3) is 0 Å². The third-order valence-electron chi connectivity index (χ3n) is 2.53. The molecule has 0 heterocycles. The van der Waals surface area contributed by atoms with Crippen LogP contribution < -0.4 is 10.1 Å². The van der Waals surface area contributed by atoms with E-state index in [0.717, 1.165) is 12.1 Å². The Morgan fingerprint density at radius 1 is 1.41 bits per heavy atom. The lowest BCUT2D eigenvalue weighted by Gasteiger charge is -2.19. The molecule has 0 amide bonds. The van der Waals surface area contributed by atoms with E-state index in [1.807, 2.05) is 18.2 Å². The smallest absolute Gasteiger partial charge is 0.137 e. The van der Waals surface area contributed by atoms with Crippen LogP contribution in [0.3, 0.4) is 0 Å². The third-order valence-corrected chi connectivity index (χ3v) is 2.83. The van der Waals surface area contributed by atoms with Crippen molar-refractivity contribution in [2.24, 2.45) is 5.92 Å². The molecule has 0 spiro atoms. The number of ether oxygens (including phenoxy) is 1. The molecule has 3 nitrogen and oxygen atoms in total. The molecule has 1 atom stereocenters. The van der Waals surface area contributed by atoms with Gasteiger partial charge in [-0.15, -0.1) is 0 Å². The molecule has 0 bridgehead atoms. The van der Waals surface area contributed by atoms with Gasteiger partial charge in [-0.05, 0) is 30.2 Å². The number of halogens is 1. The average Bonchev–Trinajstić information content (AvgIpc) is 2.29. The van der Waals surface area contributed by atoms with Crippen molar-refractivity contribution in [3.05, 3.63) is 28.8 Å². The predicted octanol–water partition coefficient (Wildman–Crippen LogP) is 2.63. The van der Waals surface area contributed by atoms with Crippen molar-refractivity contribution in [3.8, 4) is 5.75 Å². The van der Waals surface area contributed by atoms with Gasteiger partial charge in [-0.25, -0.2) is 0 Å². The Labute approximate surface area is 108 Å². The molecule has 1 rings (SSSR count). The van der Waals surface area contributed by atoms with E-state index in [0.29, 0.717) is 16.7 Å². The second-order valence-electron chi connectivity index (χ2n) is 4.43. The average molecular weight is 258 g/mol. The number of methoxy groups -OCH3 is 1. The number of benzene rings is 1. The zero-order valence-corrected chi connectivity index (χ0v) is 11.3. The van der Waals surface area contributed by atoms with E-state index in [1.54, 1.807) is 7.11 Å². The summed E-state index contributed by atoms with van der Waals surface area (Å²) in [6.07, 6.45) is 0. The molecule has 0 radical (unpaired) electrons. The zero-order chi connectivity index (χ0) is 12.8. The first-order valence-electron chi connectivity index (χ1n) is 5.76. The van der Waals surface area contributed by atoms with E-state index in [9.17, 15) is 5.11 Å². The lowest BCUT2D eigenvalue weighted by Crippen LogP contribution is -2.27. The molecule has 1 unspecified atom stereocenters. The van der Waals surface area contributed by atoms with Gasteiger partial charge in [-0.3, -0.25) is 0 Å². The summed E-state index contributed by atoms with van der Waals surface area (Å²) in [5, 5.41) is 13.2. The van der Waals surface area contributed by atoms with Crippen molar-refractivity contribution in [1.29, 1.82) is 0 Å². The van der Waals surface area contributed by atoms with Crippen LogP contribution in [-0.4, -0.2) is 25.4 Å². The van der Waals surface area contributed by atoms with Crippen LogP contribution in [0.1, 0.15) is 25.5 Å². The van der Waals surface area contributed by atoms with Crippen LogP contribution in [0, 0.1) is 5.92 Å². The van der Waals surface area contributed by atoms with E-state index in [1.165, 1.54) is 0 Å². The summed E-state index contributed by atoms with van der Waals surface area (Å²) < 4.78 is 5.10. The van der Waals surface area contributed by atoms with Gasteiger partial charge in [-0.2, -0.15) is 0 Å². The maximum Gasteiger partial charge on any atom is 0.137 e. The molecule has 1 aromatic carbocycles. The minimum atomic E-state index is -0.0826. The van der Waals surface area contributed by atoms with E-state index in [-0.39, 0.29) is 12.6 Å². The number of nitrogens with one attached hydrogen (secondary N) is 1. The molecular weight excluding hydrogens is 238 g/mol. The van der Waals surface area contributed by atoms with Crippen LogP contribution >= 0.6 is 11.6 Å². The molecule has 0 aliphatic carbocycles.